The summed E-state index contributed by atoms with van der Waals surface area (Å²) in [6.07, 6.45) is 0. The zero-order chi connectivity index (χ0) is 18.0. The van der Waals surface area contributed by atoms with Gasteiger partial charge in [-0.3, -0.25) is 9.48 Å². The lowest BCUT2D eigenvalue weighted by atomic mass is 10.2. The number of nitrogens with zero attached hydrogens (tertiary/aromatic N) is 2. The van der Waals surface area contributed by atoms with E-state index < -0.39 is 0 Å². The summed E-state index contributed by atoms with van der Waals surface area (Å²) < 4.78 is 1.95. The molecule has 0 aliphatic heterocycles. The van der Waals surface area contributed by atoms with Gasteiger partial charge in [-0.2, -0.15) is 5.10 Å². The minimum atomic E-state index is -0.254. The van der Waals surface area contributed by atoms with Crippen LogP contribution in [-0.4, -0.2) is 22.2 Å². The highest BCUT2D eigenvalue weighted by Crippen LogP contribution is 2.25. The lowest BCUT2D eigenvalue weighted by molar-refractivity contribution is 0.0949. The van der Waals surface area contributed by atoms with Crippen molar-refractivity contribution in [3.8, 4) is 0 Å². The van der Waals surface area contributed by atoms with Gasteiger partial charge >= 0.3 is 0 Å². The maximum atomic E-state index is 12.5. The molecule has 1 atom stereocenters. The smallest absolute Gasteiger partial charge is 0.252 e. The van der Waals surface area contributed by atoms with E-state index in [0.29, 0.717) is 22.2 Å². The van der Waals surface area contributed by atoms with Gasteiger partial charge in [-0.25, -0.2) is 0 Å². The third kappa shape index (κ3) is 4.06. The predicted molar refractivity (Wildman–Crippen MR) is 103 cm³/mol. The zero-order valence-electron chi connectivity index (χ0n) is 13.8. The Hall–Kier alpha value is -1.82. The SMILES string of the molecule is Cc1cc(C)n(C(CNC(=O)c2cc(Cl)ccc2Cl)c2cccs2)n1. The molecular formula is C18H17Cl2N3OS. The number of rotatable bonds is 5. The molecule has 25 heavy (non-hydrogen) atoms. The minimum absolute atomic E-state index is 0.0735. The maximum Gasteiger partial charge on any atom is 0.252 e. The van der Waals surface area contributed by atoms with Crippen LogP contribution in [0.25, 0.3) is 0 Å². The molecule has 2 heterocycles. The molecule has 0 fully saturated rings. The molecule has 0 spiro atoms. The number of hydrogen-bond donors (Lipinski definition) is 1. The van der Waals surface area contributed by atoms with Crippen molar-refractivity contribution in [3.05, 3.63) is 73.7 Å². The maximum absolute atomic E-state index is 12.5. The van der Waals surface area contributed by atoms with Crippen molar-refractivity contribution >= 4 is 40.4 Å². The fourth-order valence-electron chi connectivity index (χ4n) is 2.71. The number of carbonyl (C=O) groups excluding carboxylic acids is 1. The van der Waals surface area contributed by atoms with Gasteiger partial charge in [0, 0.05) is 22.1 Å². The number of halogens is 2. The number of thiophene rings is 1. The van der Waals surface area contributed by atoms with E-state index in [-0.39, 0.29) is 11.9 Å². The quantitative estimate of drug-likeness (QED) is 0.670. The van der Waals surface area contributed by atoms with E-state index in [1.807, 2.05) is 42.1 Å². The zero-order valence-corrected chi connectivity index (χ0v) is 16.1. The highest BCUT2D eigenvalue weighted by Gasteiger charge is 2.20. The van der Waals surface area contributed by atoms with Gasteiger partial charge in [0.25, 0.3) is 5.91 Å². The molecule has 2 aromatic heterocycles. The molecule has 130 valence electrons. The average molecular weight is 394 g/mol. The fourth-order valence-corrected chi connectivity index (χ4v) is 3.89. The van der Waals surface area contributed by atoms with Crippen LogP contribution >= 0.6 is 34.5 Å². The Kier molecular flexibility index (Phi) is 5.47. The molecule has 7 heteroatoms. The molecular weight excluding hydrogens is 377 g/mol. The van der Waals surface area contributed by atoms with Gasteiger partial charge in [0.05, 0.1) is 16.3 Å². The molecule has 0 saturated carbocycles. The van der Waals surface area contributed by atoms with Crippen molar-refractivity contribution in [1.29, 1.82) is 0 Å². The second kappa shape index (κ2) is 7.60. The summed E-state index contributed by atoms with van der Waals surface area (Å²) in [4.78, 5) is 13.7. The van der Waals surface area contributed by atoms with Crippen molar-refractivity contribution in [3.63, 3.8) is 0 Å². The molecule has 3 rings (SSSR count). The molecule has 4 nitrogen and oxygen atoms in total. The second-order valence-electron chi connectivity index (χ2n) is 5.74. The Bertz CT molecular complexity index is 890. The number of hydrogen-bond acceptors (Lipinski definition) is 3. The summed E-state index contributed by atoms with van der Waals surface area (Å²) in [5, 5.41) is 10.4. The minimum Gasteiger partial charge on any atom is -0.349 e. The molecule has 3 aromatic rings. The van der Waals surface area contributed by atoms with E-state index in [4.69, 9.17) is 23.2 Å². The van der Waals surface area contributed by atoms with Crippen LogP contribution in [-0.2, 0) is 0 Å². The fraction of sp³-hybridized carbons (Fsp3) is 0.222. The van der Waals surface area contributed by atoms with Crippen LogP contribution in [0.1, 0.15) is 32.7 Å². The molecule has 0 bridgehead atoms. The van der Waals surface area contributed by atoms with Crippen molar-refractivity contribution in [2.75, 3.05) is 6.54 Å². The Morgan fingerprint density at radius 1 is 1.28 bits per heavy atom. The van der Waals surface area contributed by atoms with Gasteiger partial charge in [-0.1, -0.05) is 29.3 Å². The van der Waals surface area contributed by atoms with E-state index in [9.17, 15) is 4.79 Å². The number of benzene rings is 1. The second-order valence-corrected chi connectivity index (χ2v) is 7.56. The van der Waals surface area contributed by atoms with Crippen LogP contribution in [0.2, 0.25) is 10.0 Å². The van der Waals surface area contributed by atoms with Crippen molar-refractivity contribution < 1.29 is 4.79 Å². The van der Waals surface area contributed by atoms with Gasteiger partial charge in [0.2, 0.25) is 0 Å². The number of aromatic nitrogens is 2. The summed E-state index contributed by atoms with van der Waals surface area (Å²) in [6, 6.07) is 10.8. The Labute approximate surface area is 160 Å². The van der Waals surface area contributed by atoms with Crippen LogP contribution in [0.4, 0.5) is 0 Å². The third-order valence-electron chi connectivity index (χ3n) is 3.84. The molecule has 0 saturated heterocycles. The first-order chi connectivity index (χ1) is 12.0. The summed E-state index contributed by atoms with van der Waals surface area (Å²) in [5.74, 6) is -0.254. The molecule has 1 amide bonds. The summed E-state index contributed by atoms with van der Waals surface area (Å²) in [6.45, 7) is 4.37. The van der Waals surface area contributed by atoms with E-state index in [2.05, 4.69) is 10.4 Å². The summed E-state index contributed by atoms with van der Waals surface area (Å²) >= 11 is 13.7. The van der Waals surface area contributed by atoms with E-state index in [1.54, 1.807) is 29.5 Å². The molecule has 1 aromatic carbocycles. The molecule has 0 radical (unpaired) electrons. The number of amides is 1. The largest absolute Gasteiger partial charge is 0.349 e. The van der Waals surface area contributed by atoms with Crippen LogP contribution in [0.3, 0.4) is 0 Å². The first-order valence-corrected chi connectivity index (χ1v) is 9.38. The van der Waals surface area contributed by atoms with Crippen molar-refractivity contribution in [2.24, 2.45) is 0 Å². The summed E-state index contributed by atoms with van der Waals surface area (Å²) in [7, 11) is 0. The highest BCUT2D eigenvalue weighted by molar-refractivity contribution is 7.10. The standard InChI is InChI=1S/C18H17Cl2N3OS/c1-11-8-12(2)23(22-11)16(17-4-3-7-25-17)10-21-18(24)14-9-13(19)5-6-15(14)20/h3-9,16H,10H2,1-2H3,(H,21,24). The molecule has 0 aliphatic carbocycles. The van der Waals surface area contributed by atoms with Gasteiger partial charge in [-0.05, 0) is 49.6 Å². The number of aryl methyl sites for hydroxylation is 2. The van der Waals surface area contributed by atoms with Crippen molar-refractivity contribution in [1.82, 2.24) is 15.1 Å². The van der Waals surface area contributed by atoms with Crippen LogP contribution in [0, 0.1) is 13.8 Å². The average Bonchev–Trinajstić information content (AvgIpc) is 3.20. The van der Waals surface area contributed by atoms with E-state index >= 15 is 0 Å². The molecule has 1 unspecified atom stereocenters. The molecule has 0 aliphatic rings. The summed E-state index contributed by atoms with van der Waals surface area (Å²) in [5.41, 5.74) is 2.36. The van der Waals surface area contributed by atoms with E-state index in [0.717, 1.165) is 16.3 Å². The predicted octanol–water partition coefficient (Wildman–Crippen LogP) is 4.89. The Morgan fingerprint density at radius 3 is 2.72 bits per heavy atom. The highest BCUT2D eigenvalue weighted by atomic mass is 35.5. The Morgan fingerprint density at radius 2 is 2.08 bits per heavy atom. The first kappa shape index (κ1) is 18.0. The normalized spacial score (nSPS) is 12.2. The molecule has 1 N–H and O–H groups in total. The topological polar surface area (TPSA) is 46.9 Å². The number of nitrogens with one attached hydrogen (secondary N) is 1. The van der Waals surface area contributed by atoms with Gasteiger partial charge in [-0.15, -0.1) is 11.3 Å². The lowest BCUT2D eigenvalue weighted by Gasteiger charge is -2.19. The van der Waals surface area contributed by atoms with Gasteiger partial charge in [0.1, 0.15) is 6.04 Å². The van der Waals surface area contributed by atoms with Crippen molar-refractivity contribution in [2.45, 2.75) is 19.9 Å². The monoisotopic (exact) mass is 393 g/mol. The lowest BCUT2D eigenvalue weighted by Crippen LogP contribution is -2.32. The third-order valence-corrected chi connectivity index (χ3v) is 5.38. The van der Waals surface area contributed by atoms with Gasteiger partial charge in [0.15, 0.2) is 0 Å². The van der Waals surface area contributed by atoms with Gasteiger partial charge < -0.3 is 5.32 Å². The van der Waals surface area contributed by atoms with E-state index in [1.165, 1.54) is 0 Å². The number of carbonyl (C=O) groups is 1. The first-order valence-electron chi connectivity index (χ1n) is 7.75. The Balaban J connectivity index is 1.83. The van der Waals surface area contributed by atoms with Crippen LogP contribution in [0.5, 0.6) is 0 Å². The van der Waals surface area contributed by atoms with Crippen LogP contribution in [0.15, 0.2) is 41.8 Å². The van der Waals surface area contributed by atoms with Crippen LogP contribution < -0.4 is 5.32 Å².